The zero-order chi connectivity index (χ0) is 17.6. The van der Waals surface area contributed by atoms with Crippen LogP contribution >= 0.6 is 0 Å². The molecule has 3 rings (SSSR count). The molecule has 0 aliphatic carbocycles. The highest BCUT2D eigenvalue weighted by Crippen LogP contribution is 2.24. The average Bonchev–Trinajstić information content (AvgIpc) is 2.65. The quantitative estimate of drug-likeness (QED) is 0.751. The molecule has 3 N–H and O–H groups in total. The average molecular weight is 335 g/mol. The van der Waals surface area contributed by atoms with Crippen molar-refractivity contribution >= 4 is 11.6 Å². The lowest BCUT2D eigenvalue weighted by atomic mass is 10.0. The Hall–Kier alpha value is -3.05. The summed E-state index contributed by atoms with van der Waals surface area (Å²) in [5, 5.41) is 2.59. The Morgan fingerprint density at radius 1 is 1.04 bits per heavy atom. The van der Waals surface area contributed by atoms with Crippen LogP contribution in [-0.4, -0.2) is 16.9 Å². The lowest BCUT2D eigenvalue weighted by molar-refractivity contribution is -0.117. The van der Waals surface area contributed by atoms with E-state index in [4.69, 9.17) is 5.73 Å². The highest BCUT2D eigenvalue weighted by atomic mass is 19.1. The Labute approximate surface area is 145 Å². The van der Waals surface area contributed by atoms with Gasteiger partial charge in [0.1, 0.15) is 5.82 Å². The van der Waals surface area contributed by atoms with Gasteiger partial charge >= 0.3 is 0 Å². The van der Waals surface area contributed by atoms with E-state index < -0.39 is 17.8 Å². The number of pyridine rings is 1. The van der Waals surface area contributed by atoms with Crippen LogP contribution in [-0.2, 0) is 11.2 Å². The lowest BCUT2D eigenvalue weighted by Gasteiger charge is -2.14. The number of anilines is 1. The molecule has 25 heavy (non-hydrogen) atoms. The summed E-state index contributed by atoms with van der Waals surface area (Å²) in [6.07, 6.45) is 3.71. The second-order valence-corrected chi connectivity index (χ2v) is 5.72. The fourth-order valence-electron chi connectivity index (χ4n) is 2.53. The molecule has 0 saturated heterocycles. The fourth-order valence-corrected chi connectivity index (χ4v) is 2.53. The Kier molecular flexibility index (Phi) is 5.16. The molecule has 2 aromatic carbocycles. The van der Waals surface area contributed by atoms with E-state index in [1.165, 1.54) is 6.07 Å². The lowest BCUT2D eigenvalue weighted by Crippen LogP contribution is -2.37. The maximum atomic E-state index is 14.1. The summed E-state index contributed by atoms with van der Waals surface area (Å²) < 4.78 is 14.1. The van der Waals surface area contributed by atoms with E-state index in [1.807, 2.05) is 42.5 Å². The van der Waals surface area contributed by atoms with Crippen molar-refractivity contribution in [2.75, 3.05) is 5.32 Å². The normalized spacial score (nSPS) is 11.8. The van der Waals surface area contributed by atoms with Crippen molar-refractivity contribution in [2.45, 2.75) is 12.5 Å². The molecule has 1 heterocycles. The smallest absolute Gasteiger partial charge is 0.241 e. The molecule has 5 heteroatoms. The minimum atomic E-state index is -0.758. The predicted octanol–water partition coefficient (Wildman–Crippen LogP) is 3.40. The molecule has 0 aliphatic rings. The van der Waals surface area contributed by atoms with Crippen molar-refractivity contribution in [1.29, 1.82) is 0 Å². The molecule has 1 atom stereocenters. The third-order valence-corrected chi connectivity index (χ3v) is 3.87. The first-order valence-electron chi connectivity index (χ1n) is 7.94. The molecule has 4 nitrogen and oxygen atoms in total. The Morgan fingerprint density at radius 2 is 1.76 bits per heavy atom. The molecular formula is C20H18FN3O. The molecule has 0 unspecified atom stereocenters. The maximum Gasteiger partial charge on any atom is 0.241 e. The molecule has 0 saturated carbocycles. The monoisotopic (exact) mass is 335 g/mol. The third kappa shape index (κ3) is 4.28. The number of nitrogens with one attached hydrogen (secondary N) is 1. The van der Waals surface area contributed by atoms with Gasteiger partial charge < -0.3 is 11.1 Å². The van der Waals surface area contributed by atoms with Crippen molar-refractivity contribution in [1.82, 2.24) is 4.98 Å². The summed E-state index contributed by atoms with van der Waals surface area (Å²) in [4.78, 5) is 16.3. The van der Waals surface area contributed by atoms with Crippen molar-refractivity contribution in [2.24, 2.45) is 5.73 Å². The molecule has 0 fully saturated rings. The third-order valence-electron chi connectivity index (χ3n) is 3.87. The number of amides is 1. The van der Waals surface area contributed by atoms with Crippen LogP contribution in [0.3, 0.4) is 0 Å². The number of carbonyl (C=O) groups excluding carboxylic acids is 1. The highest BCUT2D eigenvalue weighted by Gasteiger charge is 2.16. The molecule has 0 spiro atoms. The number of aromatic nitrogens is 1. The number of rotatable bonds is 5. The second-order valence-electron chi connectivity index (χ2n) is 5.72. The number of hydrogen-bond donors (Lipinski definition) is 2. The maximum absolute atomic E-state index is 14.1. The summed E-state index contributed by atoms with van der Waals surface area (Å²) in [5.41, 5.74) is 8.70. The van der Waals surface area contributed by atoms with E-state index in [9.17, 15) is 9.18 Å². The van der Waals surface area contributed by atoms with Crippen molar-refractivity contribution in [3.8, 4) is 11.1 Å². The number of halogens is 1. The summed E-state index contributed by atoms with van der Waals surface area (Å²) in [7, 11) is 0. The summed E-state index contributed by atoms with van der Waals surface area (Å²) >= 11 is 0. The molecule has 1 aromatic heterocycles. The van der Waals surface area contributed by atoms with Crippen LogP contribution in [0.2, 0.25) is 0 Å². The Bertz CT molecular complexity index is 853. The summed E-state index contributed by atoms with van der Waals surface area (Å²) in [6, 6.07) is 16.9. The van der Waals surface area contributed by atoms with Gasteiger partial charge in [0.05, 0.1) is 11.7 Å². The molecule has 0 radical (unpaired) electrons. The van der Waals surface area contributed by atoms with Gasteiger partial charge in [0.2, 0.25) is 5.91 Å². The SMILES string of the molecule is N[C@@H](Cc1ccccc1)C(=O)Nc1cc(-c2ccncc2)ccc1F. The molecule has 0 aliphatic heterocycles. The molecule has 0 bridgehead atoms. The van der Waals surface area contributed by atoms with Crippen molar-refractivity contribution < 1.29 is 9.18 Å². The van der Waals surface area contributed by atoms with Gasteiger partial charge in [0.25, 0.3) is 0 Å². The van der Waals surface area contributed by atoms with Crippen LogP contribution in [0.4, 0.5) is 10.1 Å². The number of benzene rings is 2. The summed E-state index contributed by atoms with van der Waals surface area (Å²) in [6.45, 7) is 0. The number of nitrogens with two attached hydrogens (primary N) is 1. The van der Waals surface area contributed by atoms with Gasteiger partial charge in [0, 0.05) is 12.4 Å². The first kappa shape index (κ1) is 16.8. The van der Waals surface area contributed by atoms with E-state index in [1.54, 1.807) is 24.5 Å². The standard InChI is InChI=1S/C20H18FN3O/c21-17-7-6-16(15-8-10-23-11-9-15)13-19(17)24-20(25)18(22)12-14-4-2-1-3-5-14/h1-11,13,18H,12,22H2,(H,24,25)/t18-/m0/s1. The molecule has 1 amide bonds. The van der Waals surface area contributed by atoms with Crippen molar-refractivity contribution in [3.63, 3.8) is 0 Å². The van der Waals surface area contributed by atoms with Gasteiger partial charge in [0.15, 0.2) is 0 Å². The van der Waals surface area contributed by atoms with Crippen LogP contribution < -0.4 is 11.1 Å². The van der Waals surface area contributed by atoms with E-state index in [0.29, 0.717) is 6.42 Å². The van der Waals surface area contributed by atoms with Gasteiger partial charge in [-0.3, -0.25) is 9.78 Å². The van der Waals surface area contributed by atoms with Gasteiger partial charge in [-0.15, -0.1) is 0 Å². The second kappa shape index (κ2) is 7.68. The molecule has 126 valence electrons. The number of carbonyl (C=O) groups is 1. The van der Waals surface area contributed by atoms with Crippen LogP contribution in [0.5, 0.6) is 0 Å². The van der Waals surface area contributed by atoms with Crippen LogP contribution in [0.15, 0.2) is 73.1 Å². The van der Waals surface area contributed by atoms with Crippen LogP contribution in [0.1, 0.15) is 5.56 Å². The highest BCUT2D eigenvalue weighted by molar-refractivity contribution is 5.95. The Morgan fingerprint density at radius 3 is 2.48 bits per heavy atom. The number of nitrogens with zero attached hydrogens (tertiary/aromatic N) is 1. The minimum absolute atomic E-state index is 0.114. The first-order chi connectivity index (χ1) is 12.1. The van der Waals surface area contributed by atoms with E-state index >= 15 is 0 Å². The fraction of sp³-hybridized carbons (Fsp3) is 0.100. The minimum Gasteiger partial charge on any atom is -0.322 e. The topological polar surface area (TPSA) is 68.0 Å². The van der Waals surface area contributed by atoms with E-state index in [2.05, 4.69) is 10.3 Å². The first-order valence-corrected chi connectivity index (χ1v) is 7.94. The summed E-state index contributed by atoms with van der Waals surface area (Å²) in [5.74, 6) is -0.923. The van der Waals surface area contributed by atoms with Gasteiger partial charge in [-0.25, -0.2) is 4.39 Å². The Balaban J connectivity index is 1.74. The van der Waals surface area contributed by atoms with Gasteiger partial charge in [-0.1, -0.05) is 36.4 Å². The number of hydrogen-bond acceptors (Lipinski definition) is 3. The van der Waals surface area contributed by atoms with Crippen LogP contribution in [0, 0.1) is 5.82 Å². The van der Waals surface area contributed by atoms with E-state index in [-0.39, 0.29) is 5.69 Å². The molecule has 3 aromatic rings. The van der Waals surface area contributed by atoms with E-state index in [0.717, 1.165) is 16.7 Å². The predicted molar refractivity (Wildman–Crippen MR) is 96.4 cm³/mol. The van der Waals surface area contributed by atoms with Gasteiger partial charge in [-0.05, 0) is 47.4 Å². The molecular weight excluding hydrogens is 317 g/mol. The van der Waals surface area contributed by atoms with Crippen molar-refractivity contribution in [3.05, 3.63) is 84.4 Å². The zero-order valence-corrected chi connectivity index (χ0v) is 13.5. The van der Waals surface area contributed by atoms with Crippen LogP contribution in [0.25, 0.3) is 11.1 Å². The zero-order valence-electron chi connectivity index (χ0n) is 13.5. The van der Waals surface area contributed by atoms with Gasteiger partial charge in [-0.2, -0.15) is 0 Å². The largest absolute Gasteiger partial charge is 0.322 e.